The Morgan fingerprint density at radius 1 is 0.941 bits per heavy atom. The molecule has 0 aliphatic carbocycles. The Hall–Kier alpha value is -0.570. The third kappa shape index (κ3) is 13.4. The topological polar surface area (TPSA) is 38.3 Å². The van der Waals surface area contributed by atoms with Gasteiger partial charge < -0.3 is 10.1 Å². The molecule has 0 rings (SSSR count). The van der Waals surface area contributed by atoms with Gasteiger partial charge in [-0.1, -0.05) is 51.9 Å². The highest BCUT2D eigenvalue weighted by Crippen LogP contribution is 2.07. The number of carbonyl (C=O) groups is 1. The normalized spacial score (nSPS) is 10.5. The van der Waals surface area contributed by atoms with E-state index in [1.165, 1.54) is 44.9 Å². The van der Waals surface area contributed by atoms with Crippen molar-refractivity contribution in [1.29, 1.82) is 0 Å². The van der Waals surface area contributed by atoms with Crippen molar-refractivity contribution in [2.24, 2.45) is 0 Å². The molecular formula is C14H29NO2. The van der Waals surface area contributed by atoms with Crippen LogP contribution in [0.4, 0.5) is 0 Å². The lowest BCUT2D eigenvalue weighted by Crippen LogP contribution is -2.28. The van der Waals surface area contributed by atoms with E-state index >= 15 is 0 Å². The number of nitrogens with one attached hydrogen (secondary N) is 1. The van der Waals surface area contributed by atoms with E-state index in [1.807, 2.05) is 6.92 Å². The molecule has 1 amide bonds. The largest absolute Gasteiger partial charge is 0.372 e. The summed E-state index contributed by atoms with van der Waals surface area (Å²) in [4.78, 5) is 11.2. The van der Waals surface area contributed by atoms with Crippen LogP contribution in [0, 0.1) is 0 Å². The fraction of sp³-hybridized carbons (Fsp3) is 0.929. The average molecular weight is 243 g/mol. The van der Waals surface area contributed by atoms with Gasteiger partial charge in [-0.3, -0.25) is 4.79 Å². The Bertz CT molecular complexity index is 172. The van der Waals surface area contributed by atoms with Crippen molar-refractivity contribution < 1.29 is 9.53 Å². The molecule has 0 bridgehead atoms. The quantitative estimate of drug-likeness (QED) is 0.534. The van der Waals surface area contributed by atoms with Crippen molar-refractivity contribution in [3.8, 4) is 0 Å². The molecule has 1 N–H and O–H groups in total. The molecule has 3 heteroatoms. The van der Waals surface area contributed by atoms with Crippen LogP contribution >= 0.6 is 0 Å². The maximum absolute atomic E-state index is 11.2. The van der Waals surface area contributed by atoms with Crippen molar-refractivity contribution in [2.45, 2.75) is 65.2 Å². The summed E-state index contributed by atoms with van der Waals surface area (Å²) in [7, 11) is 0. The van der Waals surface area contributed by atoms with Crippen LogP contribution in [-0.4, -0.2) is 25.7 Å². The molecule has 0 aromatic rings. The van der Waals surface area contributed by atoms with Crippen LogP contribution < -0.4 is 5.32 Å². The fourth-order valence-electron chi connectivity index (χ4n) is 1.73. The lowest BCUT2D eigenvalue weighted by Gasteiger charge is -2.05. The van der Waals surface area contributed by atoms with Crippen LogP contribution in [-0.2, 0) is 9.53 Å². The maximum Gasteiger partial charge on any atom is 0.245 e. The van der Waals surface area contributed by atoms with E-state index in [1.54, 1.807) is 0 Å². The van der Waals surface area contributed by atoms with Crippen molar-refractivity contribution in [3.63, 3.8) is 0 Å². The average Bonchev–Trinajstić information content (AvgIpc) is 2.34. The minimum atomic E-state index is 0.00907. The van der Waals surface area contributed by atoms with Crippen molar-refractivity contribution >= 4 is 5.91 Å². The molecule has 102 valence electrons. The van der Waals surface area contributed by atoms with Gasteiger partial charge in [0.25, 0.3) is 0 Å². The third-order valence-electron chi connectivity index (χ3n) is 2.79. The molecule has 0 aliphatic heterocycles. The van der Waals surface area contributed by atoms with E-state index < -0.39 is 0 Å². The Morgan fingerprint density at radius 2 is 1.53 bits per heavy atom. The smallest absolute Gasteiger partial charge is 0.245 e. The molecule has 0 fully saturated rings. The van der Waals surface area contributed by atoms with Crippen LogP contribution in [0.1, 0.15) is 65.2 Å². The predicted molar refractivity (Wildman–Crippen MR) is 72.1 cm³/mol. The summed E-state index contributed by atoms with van der Waals surface area (Å²) in [6.45, 7) is 5.73. The monoisotopic (exact) mass is 243 g/mol. The molecule has 0 saturated carbocycles. The Morgan fingerprint density at radius 3 is 2.12 bits per heavy atom. The highest BCUT2D eigenvalue weighted by atomic mass is 16.5. The first-order chi connectivity index (χ1) is 8.31. The second-order valence-corrected chi connectivity index (χ2v) is 4.46. The molecule has 0 aromatic heterocycles. The van der Waals surface area contributed by atoms with Gasteiger partial charge in [0, 0.05) is 13.2 Å². The van der Waals surface area contributed by atoms with Crippen LogP contribution in [0.2, 0.25) is 0 Å². The summed E-state index contributed by atoms with van der Waals surface area (Å²) in [5.41, 5.74) is 0. The summed E-state index contributed by atoms with van der Waals surface area (Å²) >= 11 is 0. The lowest BCUT2D eigenvalue weighted by atomic mass is 10.1. The van der Waals surface area contributed by atoms with Gasteiger partial charge in [0.2, 0.25) is 5.91 Å². The molecule has 3 nitrogen and oxygen atoms in total. The second-order valence-electron chi connectivity index (χ2n) is 4.46. The van der Waals surface area contributed by atoms with E-state index in [9.17, 15) is 4.79 Å². The fourth-order valence-corrected chi connectivity index (χ4v) is 1.73. The van der Waals surface area contributed by atoms with Gasteiger partial charge >= 0.3 is 0 Å². The standard InChI is InChI=1S/C14H29NO2/c1-3-5-6-7-8-9-10-11-12-15-14(16)13-17-4-2/h3-13H2,1-2H3,(H,15,16). The van der Waals surface area contributed by atoms with Crippen molar-refractivity contribution in [2.75, 3.05) is 19.8 Å². The van der Waals surface area contributed by atoms with Crippen LogP contribution in [0.3, 0.4) is 0 Å². The first-order valence-corrected chi connectivity index (χ1v) is 7.15. The van der Waals surface area contributed by atoms with E-state index in [2.05, 4.69) is 12.2 Å². The first kappa shape index (κ1) is 16.4. The molecular weight excluding hydrogens is 214 g/mol. The number of hydrogen-bond acceptors (Lipinski definition) is 2. The van der Waals surface area contributed by atoms with Crippen molar-refractivity contribution in [1.82, 2.24) is 5.32 Å². The van der Waals surface area contributed by atoms with Gasteiger partial charge in [-0.15, -0.1) is 0 Å². The Balaban J connectivity index is 3.05. The first-order valence-electron chi connectivity index (χ1n) is 7.15. The van der Waals surface area contributed by atoms with E-state index in [-0.39, 0.29) is 12.5 Å². The highest BCUT2D eigenvalue weighted by Gasteiger charge is 1.98. The van der Waals surface area contributed by atoms with Crippen LogP contribution in [0.25, 0.3) is 0 Å². The van der Waals surface area contributed by atoms with Gasteiger partial charge in [0.05, 0.1) is 0 Å². The summed E-state index contributed by atoms with van der Waals surface area (Å²) in [5, 5.41) is 2.86. The molecule has 0 saturated heterocycles. The SMILES string of the molecule is CCCCCCCCCCNC(=O)COCC. The second kappa shape index (κ2) is 13.5. The number of carbonyl (C=O) groups excluding carboxylic acids is 1. The van der Waals surface area contributed by atoms with Gasteiger partial charge in [0.15, 0.2) is 0 Å². The lowest BCUT2D eigenvalue weighted by molar-refractivity contribution is -0.125. The summed E-state index contributed by atoms with van der Waals surface area (Å²) < 4.78 is 5.02. The zero-order chi connectivity index (χ0) is 12.8. The van der Waals surface area contributed by atoms with E-state index in [4.69, 9.17) is 4.74 Å². The minimum absolute atomic E-state index is 0.00907. The number of rotatable bonds is 12. The van der Waals surface area contributed by atoms with Crippen LogP contribution in [0.5, 0.6) is 0 Å². The van der Waals surface area contributed by atoms with Gasteiger partial charge in [-0.05, 0) is 13.3 Å². The molecule has 0 unspecified atom stereocenters. The summed E-state index contributed by atoms with van der Waals surface area (Å²) in [6, 6.07) is 0. The molecule has 0 aliphatic rings. The highest BCUT2D eigenvalue weighted by molar-refractivity contribution is 5.77. The predicted octanol–water partition coefficient (Wildman–Crippen LogP) is 3.28. The number of ether oxygens (including phenoxy) is 1. The third-order valence-corrected chi connectivity index (χ3v) is 2.79. The zero-order valence-electron chi connectivity index (χ0n) is 11.6. The summed E-state index contributed by atoms with van der Waals surface area (Å²) in [6.07, 6.45) is 10.4. The molecule has 0 heterocycles. The molecule has 0 spiro atoms. The molecule has 0 radical (unpaired) electrons. The molecule has 0 atom stereocenters. The zero-order valence-corrected chi connectivity index (χ0v) is 11.6. The maximum atomic E-state index is 11.2. The summed E-state index contributed by atoms with van der Waals surface area (Å²) in [5.74, 6) is 0.00907. The van der Waals surface area contributed by atoms with Gasteiger partial charge in [-0.2, -0.15) is 0 Å². The van der Waals surface area contributed by atoms with Crippen LogP contribution in [0.15, 0.2) is 0 Å². The number of unbranched alkanes of at least 4 members (excludes halogenated alkanes) is 7. The number of amides is 1. The minimum Gasteiger partial charge on any atom is -0.372 e. The van der Waals surface area contributed by atoms with Gasteiger partial charge in [0.1, 0.15) is 6.61 Å². The van der Waals surface area contributed by atoms with E-state index in [0.29, 0.717) is 6.61 Å². The van der Waals surface area contributed by atoms with E-state index in [0.717, 1.165) is 13.0 Å². The Kier molecular flexibility index (Phi) is 13.0. The Labute approximate surface area is 106 Å². The molecule has 17 heavy (non-hydrogen) atoms. The number of hydrogen-bond donors (Lipinski definition) is 1. The molecule has 0 aromatic carbocycles. The van der Waals surface area contributed by atoms with Crippen molar-refractivity contribution in [3.05, 3.63) is 0 Å². The van der Waals surface area contributed by atoms with Gasteiger partial charge in [-0.25, -0.2) is 0 Å².